The highest BCUT2D eigenvalue weighted by Crippen LogP contribution is 2.21. The van der Waals surface area contributed by atoms with Crippen molar-refractivity contribution in [3.8, 4) is 0 Å². The van der Waals surface area contributed by atoms with Crippen molar-refractivity contribution >= 4 is 18.2 Å². The molecule has 1 saturated heterocycles. The predicted octanol–water partition coefficient (Wildman–Crippen LogP) is 2.49. The van der Waals surface area contributed by atoms with Gasteiger partial charge in [0.05, 0.1) is 18.5 Å². The number of benzene rings is 1. The third-order valence-electron chi connectivity index (χ3n) is 3.57. The molecule has 136 valence electrons. The summed E-state index contributed by atoms with van der Waals surface area (Å²) in [5, 5.41) is 11.0. The van der Waals surface area contributed by atoms with Crippen molar-refractivity contribution in [1.82, 2.24) is 10.0 Å². The van der Waals surface area contributed by atoms with Gasteiger partial charge in [0, 0.05) is 0 Å². The van der Waals surface area contributed by atoms with Crippen LogP contribution in [0.15, 0.2) is 30.3 Å². The van der Waals surface area contributed by atoms with Gasteiger partial charge in [-0.3, -0.25) is 4.79 Å². The van der Waals surface area contributed by atoms with Gasteiger partial charge in [-0.2, -0.15) is 0 Å². The fraction of sp³-hybridized carbons (Fsp3) is 0.471. The number of carboxylic acid groups (broad SMARTS) is 1. The molecule has 0 radical (unpaired) electrons. The van der Waals surface area contributed by atoms with Gasteiger partial charge in [0.2, 0.25) is 0 Å². The third-order valence-corrected chi connectivity index (χ3v) is 3.57. The Morgan fingerprint density at radius 3 is 2.28 bits per heavy atom. The van der Waals surface area contributed by atoms with Crippen LogP contribution in [0.4, 0.5) is 9.59 Å². The highest BCUT2D eigenvalue weighted by molar-refractivity contribution is 5.76. The summed E-state index contributed by atoms with van der Waals surface area (Å²) in [7, 11) is 0. The number of carbonyl (C=O) groups is 3. The number of ether oxygens (including phenoxy) is 2. The highest BCUT2D eigenvalue weighted by Gasteiger charge is 2.41. The minimum Gasteiger partial charge on any atom is -0.464 e. The molecular weight excluding hydrogens is 328 g/mol. The summed E-state index contributed by atoms with van der Waals surface area (Å²) in [6.07, 6.45) is -2.85. The number of nitrogens with zero attached hydrogens (tertiary/aromatic N) is 2. The van der Waals surface area contributed by atoms with E-state index in [1.807, 2.05) is 18.2 Å². The van der Waals surface area contributed by atoms with Crippen LogP contribution in [0.25, 0.3) is 0 Å². The van der Waals surface area contributed by atoms with E-state index in [4.69, 9.17) is 9.47 Å². The average molecular weight is 350 g/mol. The van der Waals surface area contributed by atoms with Gasteiger partial charge < -0.3 is 14.6 Å². The molecule has 1 fully saturated rings. The summed E-state index contributed by atoms with van der Waals surface area (Å²) in [6, 6.07) is 9.04. The van der Waals surface area contributed by atoms with Gasteiger partial charge in [-0.15, -0.1) is 0 Å². The van der Waals surface area contributed by atoms with Gasteiger partial charge in [-0.25, -0.2) is 19.6 Å². The molecule has 0 spiro atoms. The number of hydrogen-bond donors (Lipinski definition) is 1. The smallest absolute Gasteiger partial charge is 0.429 e. The minimum atomic E-state index is -1.31. The van der Waals surface area contributed by atoms with E-state index in [1.165, 1.54) is 0 Å². The summed E-state index contributed by atoms with van der Waals surface area (Å²) in [6.45, 7) is 4.94. The molecule has 1 N–H and O–H groups in total. The Balaban J connectivity index is 1.98. The van der Waals surface area contributed by atoms with Crippen molar-refractivity contribution in [1.29, 1.82) is 0 Å². The van der Waals surface area contributed by atoms with E-state index in [0.717, 1.165) is 15.6 Å². The minimum absolute atomic E-state index is 0.0239. The molecule has 1 atom stereocenters. The maximum atomic E-state index is 12.2. The lowest BCUT2D eigenvalue weighted by atomic mass is 9.97. The van der Waals surface area contributed by atoms with Gasteiger partial charge >= 0.3 is 18.2 Å². The first kappa shape index (κ1) is 18.6. The fourth-order valence-corrected chi connectivity index (χ4v) is 2.19. The van der Waals surface area contributed by atoms with Gasteiger partial charge in [-0.1, -0.05) is 30.3 Å². The molecule has 2 rings (SSSR count). The monoisotopic (exact) mass is 350 g/mol. The molecule has 1 unspecified atom stereocenters. The van der Waals surface area contributed by atoms with Crippen LogP contribution >= 0.6 is 0 Å². The first-order valence-electron chi connectivity index (χ1n) is 7.88. The topological polar surface area (TPSA) is 96.4 Å². The number of carbonyl (C=O) groups excluding carboxylic acids is 2. The zero-order valence-corrected chi connectivity index (χ0v) is 14.5. The zero-order chi connectivity index (χ0) is 18.6. The maximum absolute atomic E-state index is 12.2. The number of amides is 2. The number of hydrogen-bond acceptors (Lipinski definition) is 5. The van der Waals surface area contributed by atoms with Crippen LogP contribution in [-0.4, -0.2) is 52.5 Å². The summed E-state index contributed by atoms with van der Waals surface area (Å²) in [5.41, 5.74) is 0.0718. The lowest BCUT2D eigenvalue weighted by Gasteiger charge is -2.23. The molecule has 8 nitrogen and oxygen atoms in total. The van der Waals surface area contributed by atoms with Crippen molar-refractivity contribution in [3.63, 3.8) is 0 Å². The zero-order valence-electron chi connectivity index (χ0n) is 14.5. The van der Waals surface area contributed by atoms with Crippen LogP contribution < -0.4 is 0 Å². The van der Waals surface area contributed by atoms with E-state index in [1.54, 1.807) is 32.9 Å². The van der Waals surface area contributed by atoms with Crippen LogP contribution in [-0.2, 0) is 20.9 Å². The summed E-state index contributed by atoms with van der Waals surface area (Å²) < 4.78 is 10.5. The molecule has 25 heavy (non-hydrogen) atoms. The summed E-state index contributed by atoms with van der Waals surface area (Å²) in [5.74, 6) is -0.456. The molecule has 2 amide bonds. The van der Waals surface area contributed by atoms with Crippen molar-refractivity contribution in [2.75, 3.05) is 13.1 Å². The van der Waals surface area contributed by atoms with Gasteiger partial charge in [0.1, 0.15) is 12.7 Å². The van der Waals surface area contributed by atoms with E-state index in [2.05, 4.69) is 0 Å². The highest BCUT2D eigenvalue weighted by atomic mass is 16.6. The lowest BCUT2D eigenvalue weighted by Crippen LogP contribution is -2.44. The molecule has 0 aromatic heterocycles. The Morgan fingerprint density at radius 2 is 1.72 bits per heavy atom. The third kappa shape index (κ3) is 4.85. The SMILES string of the molecule is CC(C)(C)C(=O)OC1CN(C(=O)O)N(C(=O)OCc2ccccc2)C1. The second kappa shape index (κ2) is 7.42. The van der Waals surface area contributed by atoms with E-state index in [-0.39, 0.29) is 19.7 Å². The normalized spacial score (nSPS) is 17.3. The number of esters is 1. The van der Waals surface area contributed by atoms with Crippen LogP contribution in [0.1, 0.15) is 26.3 Å². The van der Waals surface area contributed by atoms with Crippen LogP contribution in [0.2, 0.25) is 0 Å². The molecule has 1 aliphatic heterocycles. The van der Waals surface area contributed by atoms with Crippen molar-refractivity contribution in [3.05, 3.63) is 35.9 Å². The Hall–Kier alpha value is -2.77. The molecule has 0 bridgehead atoms. The quantitative estimate of drug-likeness (QED) is 0.841. The molecule has 1 aliphatic rings. The number of rotatable bonds is 3. The van der Waals surface area contributed by atoms with Crippen LogP contribution in [0.3, 0.4) is 0 Å². The lowest BCUT2D eigenvalue weighted by molar-refractivity contribution is -0.157. The Labute approximate surface area is 145 Å². The van der Waals surface area contributed by atoms with E-state index < -0.39 is 29.7 Å². The average Bonchev–Trinajstić information content (AvgIpc) is 2.97. The standard InChI is InChI=1S/C17H22N2O6/c1-17(2,3)14(20)25-13-9-18(15(21)22)19(10-13)16(23)24-11-12-7-5-4-6-8-12/h4-8,13H,9-11H2,1-3H3,(H,21,22). The van der Waals surface area contributed by atoms with Crippen molar-refractivity contribution in [2.24, 2.45) is 5.41 Å². The molecule has 1 heterocycles. The van der Waals surface area contributed by atoms with Crippen molar-refractivity contribution < 1.29 is 29.0 Å². The van der Waals surface area contributed by atoms with E-state index in [9.17, 15) is 19.5 Å². The first-order chi connectivity index (χ1) is 11.7. The van der Waals surface area contributed by atoms with E-state index in [0.29, 0.717) is 0 Å². The molecule has 0 saturated carbocycles. The first-order valence-corrected chi connectivity index (χ1v) is 7.88. The summed E-state index contributed by atoms with van der Waals surface area (Å²) >= 11 is 0. The molecular formula is C17H22N2O6. The van der Waals surface area contributed by atoms with Crippen molar-refractivity contribution in [2.45, 2.75) is 33.5 Å². The molecule has 0 aliphatic carbocycles. The maximum Gasteiger partial charge on any atom is 0.429 e. The fourth-order valence-electron chi connectivity index (χ4n) is 2.19. The second-order valence-electron chi connectivity index (χ2n) is 6.76. The Kier molecular flexibility index (Phi) is 5.51. The molecule has 1 aromatic carbocycles. The Bertz CT molecular complexity index is 640. The Morgan fingerprint density at radius 1 is 1.12 bits per heavy atom. The predicted molar refractivity (Wildman–Crippen MR) is 87.4 cm³/mol. The largest absolute Gasteiger partial charge is 0.464 e. The van der Waals surface area contributed by atoms with Crippen LogP contribution in [0, 0.1) is 5.41 Å². The van der Waals surface area contributed by atoms with Gasteiger partial charge in [0.15, 0.2) is 0 Å². The molecule has 8 heteroatoms. The molecule has 1 aromatic rings. The summed E-state index contributed by atoms with van der Waals surface area (Å²) in [4.78, 5) is 35.5. The van der Waals surface area contributed by atoms with E-state index >= 15 is 0 Å². The van der Waals surface area contributed by atoms with Crippen LogP contribution in [0.5, 0.6) is 0 Å². The van der Waals surface area contributed by atoms with Gasteiger partial charge in [0.25, 0.3) is 0 Å². The second-order valence-corrected chi connectivity index (χ2v) is 6.76. The number of hydrazine groups is 1. The van der Waals surface area contributed by atoms with Gasteiger partial charge in [-0.05, 0) is 26.3 Å².